The van der Waals surface area contributed by atoms with E-state index in [4.69, 9.17) is 5.11 Å². The van der Waals surface area contributed by atoms with Crippen LogP contribution in [-0.2, 0) is 19.6 Å². The number of amides is 1. The van der Waals surface area contributed by atoms with Gasteiger partial charge in [0, 0.05) is 12.6 Å². The molecule has 0 aromatic heterocycles. The Kier molecular flexibility index (Phi) is 8.07. The molecule has 0 fully saturated rings. The number of sulfonamides is 1. The first kappa shape index (κ1) is 19.5. The number of benzene rings is 1. The highest BCUT2D eigenvalue weighted by atomic mass is 32.2. The van der Waals surface area contributed by atoms with Crippen molar-refractivity contribution < 1.29 is 23.1 Å². The van der Waals surface area contributed by atoms with Crippen molar-refractivity contribution in [2.24, 2.45) is 0 Å². The zero-order chi connectivity index (χ0) is 17.3. The minimum absolute atomic E-state index is 0.0619. The summed E-state index contributed by atoms with van der Waals surface area (Å²) in [4.78, 5) is 22.1. The van der Waals surface area contributed by atoms with E-state index in [1.54, 1.807) is 25.1 Å². The summed E-state index contributed by atoms with van der Waals surface area (Å²) < 4.78 is 26.4. The van der Waals surface area contributed by atoms with Crippen molar-refractivity contribution in [3.05, 3.63) is 30.3 Å². The van der Waals surface area contributed by atoms with Gasteiger partial charge in [-0.15, -0.1) is 11.8 Å². The van der Waals surface area contributed by atoms with Gasteiger partial charge in [-0.05, 0) is 25.5 Å². The van der Waals surface area contributed by atoms with Crippen LogP contribution in [0.4, 0.5) is 0 Å². The second kappa shape index (κ2) is 9.53. The van der Waals surface area contributed by atoms with E-state index in [1.807, 2.05) is 0 Å². The topological polar surface area (TPSA) is 113 Å². The summed E-state index contributed by atoms with van der Waals surface area (Å²) in [7, 11) is -3.54. The summed E-state index contributed by atoms with van der Waals surface area (Å²) >= 11 is 1.01. The molecule has 1 rings (SSSR count). The van der Waals surface area contributed by atoms with E-state index in [1.165, 1.54) is 12.1 Å². The molecule has 0 aliphatic rings. The Bertz CT molecular complexity index is 619. The number of carbonyl (C=O) groups excluding carboxylic acids is 1. The van der Waals surface area contributed by atoms with E-state index in [0.717, 1.165) is 11.8 Å². The number of carboxylic acids is 1. The predicted molar refractivity (Wildman–Crippen MR) is 88.8 cm³/mol. The Labute approximate surface area is 139 Å². The van der Waals surface area contributed by atoms with Crippen LogP contribution in [0, 0.1) is 0 Å². The fraction of sp³-hybridized carbons (Fsp3) is 0.429. The lowest BCUT2D eigenvalue weighted by atomic mass is 10.2. The summed E-state index contributed by atoms with van der Waals surface area (Å²) in [5, 5.41) is 11.2. The average molecular weight is 360 g/mol. The molecule has 1 aromatic carbocycles. The maximum absolute atomic E-state index is 12.0. The molecule has 23 heavy (non-hydrogen) atoms. The van der Waals surface area contributed by atoms with Crippen LogP contribution in [-0.4, -0.2) is 49.5 Å². The molecule has 3 N–H and O–H groups in total. The fourth-order valence-corrected chi connectivity index (χ4v) is 3.33. The van der Waals surface area contributed by atoms with Gasteiger partial charge >= 0.3 is 5.97 Å². The lowest BCUT2D eigenvalue weighted by Gasteiger charge is -2.14. The van der Waals surface area contributed by atoms with Crippen molar-refractivity contribution in [3.63, 3.8) is 0 Å². The van der Waals surface area contributed by atoms with Crippen LogP contribution in [0.15, 0.2) is 35.2 Å². The van der Waals surface area contributed by atoms with Crippen molar-refractivity contribution in [1.29, 1.82) is 0 Å². The lowest BCUT2D eigenvalue weighted by Crippen LogP contribution is -2.37. The molecule has 0 heterocycles. The summed E-state index contributed by atoms with van der Waals surface area (Å²) in [6.07, 6.45) is 0.432. The third-order valence-electron chi connectivity index (χ3n) is 2.79. The van der Waals surface area contributed by atoms with Gasteiger partial charge < -0.3 is 10.4 Å². The van der Waals surface area contributed by atoms with Gasteiger partial charge in [0.1, 0.15) is 0 Å². The van der Waals surface area contributed by atoms with Gasteiger partial charge in [0.2, 0.25) is 15.9 Å². The van der Waals surface area contributed by atoms with Crippen molar-refractivity contribution in [3.8, 4) is 0 Å². The first-order valence-electron chi connectivity index (χ1n) is 6.95. The summed E-state index contributed by atoms with van der Waals surface area (Å²) in [5.41, 5.74) is 0. The quantitative estimate of drug-likeness (QED) is 0.565. The number of carbonyl (C=O) groups is 2. The highest BCUT2D eigenvalue weighted by Crippen LogP contribution is 2.07. The van der Waals surface area contributed by atoms with Crippen molar-refractivity contribution >= 4 is 33.7 Å². The molecule has 0 aliphatic heterocycles. The monoisotopic (exact) mass is 360 g/mol. The molecule has 0 radical (unpaired) electrons. The lowest BCUT2D eigenvalue weighted by molar-refractivity contribution is -0.133. The normalized spacial score (nSPS) is 12.6. The molecule has 0 bridgehead atoms. The average Bonchev–Trinajstić information content (AvgIpc) is 2.47. The highest BCUT2D eigenvalue weighted by Gasteiger charge is 2.14. The second-order valence-corrected chi connectivity index (χ2v) is 7.61. The third kappa shape index (κ3) is 8.00. The van der Waals surface area contributed by atoms with Gasteiger partial charge in [0.15, 0.2) is 0 Å². The number of hydrogen-bond donors (Lipinski definition) is 3. The first-order valence-corrected chi connectivity index (χ1v) is 9.58. The molecule has 7 nitrogen and oxygen atoms in total. The van der Waals surface area contributed by atoms with Gasteiger partial charge in [-0.3, -0.25) is 9.59 Å². The number of rotatable bonds is 10. The second-order valence-electron chi connectivity index (χ2n) is 4.85. The molecule has 1 atom stereocenters. The smallest absolute Gasteiger partial charge is 0.313 e. The van der Waals surface area contributed by atoms with Gasteiger partial charge in [-0.25, -0.2) is 13.1 Å². The van der Waals surface area contributed by atoms with Gasteiger partial charge in [-0.2, -0.15) is 0 Å². The number of aliphatic carboxylic acids is 1. The van der Waals surface area contributed by atoms with Gasteiger partial charge in [0.25, 0.3) is 0 Å². The Morgan fingerprint density at radius 2 is 1.87 bits per heavy atom. The molecule has 1 amide bonds. The molecule has 0 saturated heterocycles. The fourth-order valence-electron chi connectivity index (χ4n) is 1.71. The van der Waals surface area contributed by atoms with Crippen molar-refractivity contribution in [2.45, 2.75) is 24.3 Å². The summed E-state index contributed by atoms with van der Waals surface area (Å²) in [5.74, 6) is -1.30. The third-order valence-corrected chi connectivity index (χ3v) is 5.18. The minimum Gasteiger partial charge on any atom is -0.481 e. The predicted octanol–water partition coefficient (Wildman–Crippen LogP) is 0.677. The Hall–Kier alpha value is -1.58. The van der Waals surface area contributed by atoms with E-state index < -0.39 is 16.0 Å². The van der Waals surface area contributed by atoms with E-state index in [0.29, 0.717) is 6.42 Å². The maximum atomic E-state index is 12.0. The maximum Gasteiger partial charge on any atom is 0.313 e. The Balaban J connectivity index is 2.29. The van der Waals surface area contributed by atoms with Gasteiger partial charge in [0.05, 0.1) is 16.4 Å². The highest BCUT2D eigenvalue weighted by molar-refractivity contribution is 8.00. The zero-order valence-electron chi connectivity index (χ0n) is 12.7. The first-order chi connectivity index (χ1) is 10.8. The molecule has 0 spiro atoms. The molecule has 1 aromatic rings. The minimum atomic E-state index is -3.54. The molecular formula is C14H20N2O5S2. The van der Waals surface area contributed by atoms with Gasteiger partial charge in [-0.1, -0.05) is 18.2 Å². The van der Waals surface area contributed by atoms with Crippen LogP contribution in [0.25, 0.3) is 0 Å². The molecule has 9 heteroatoms. The molecule has 0 saturated carbocycles. The van der Waals surface area contributed by atoms with E-state index >= 15 is 0 Å². The SMILES string of the molecule is CC(CCNS(=O)(=O)c1ccccc1)NC(=O)CSCC(=O)O. The molecule has 128 valence electrons. The van der Waals surface area contributed by atoms with Crippen molar-refractivity contribution in [1.82, 2.24) is 10.0 Å². The van der Waals surface area contributed by atoms with E-state index in [9.17, 15) is 18.0 Å². The standard InChI is InChI=1S/C14H20N2O5S2/c1-11(16-13(17)9-22-10-14(18)19)7-8-15-23(20,21)12-5-3-2-4-6-12/h2-6,11,15H,7-10H2,1H3,(H,16,17)(H,18,19). The number of hydrogen-bond acceptors (Lipinski definition) is 5. The summed E-state index contributed by atoms with van der Waals surface area (Å²) in [6, 6.07) is 7.82. The molecule has 0 aliphatic carbocycles. The van der Waals surface area contributed by atoms with Crippen LogP contribution in [0.3, 0.4) is 0 Å². The Morgan fingerprint density at radius 3 is 2.48 bits per heavy atom. The van der Waals surface area contributed by atoms with Crippen LogP contribution in [0.5, 0.6) is 0 Å². The Morgan fingerprint density at radius 1 is 1.22 bits per heavy atom. The zero-order valence-corrected chi connectivity index (χ0v) is 14.3. The van der Waals surface area contributed by atoms with Crippen molar-refractivity contribution in [2.75, 3.05) is 18.1 Å². The largest absolute Gasteiger partial charge is 0.481 e. The van der Waals surface area contributed by atoms with E-state index in [-0.39, 0.29) is 34.9 Å². The van der Waals surface area contributed by atoms with Crippen LogP contribution >= 0.6 is 11.8 Å². The van der Waals surface area contributed by atoms with Crippen LogP contribution in [0.1, 0.15) is 13.3 Å². The van der Waals surface area contributed by atoms with Crippen LogP contribution < -0.4 is 10.0 Å². The number of carboxylic acid groups (broad SMARTS) is 1. The van der Waals surface area contributed by atoms with E-state index in [2.05, 4.69) is 10.0 Å². The number of thioether (sulfide) groups is 1. The molecule has 1 unspecified atom stereocenters. The number of nitrogens with one attached hydrogen (secondary N) is 2. The van der Waals surface area contributed by atoms with Crippen LogP contribution in [0.2, 0.25) is 0 Å². The summed E-state index contributed by atoms with van der Waals surface area (Å²) in [6.45, 7) is 1.96. The molecular weight excluding hydrogens is 340 g/mol.